The van der Waals surface area contributed by atoms with Gasteiger partial charge in [0, 0.05) is 17.5 Å². The number of hydrogen-bond donors (Lipinski definition) is 2. The van der Waals surface area contributed by atoms with Gasteiger partial charge >= 0.3 is 0 Å². The number of aliphatic hydroxyl groups excluding tert-OH is 1. The molecule has 1 aromatic heterocycles. The number of benzene rings is 1. The summed E-state index contributed by atoms with van der Waals surface area (Å²) >= 11 is 7.23. The summed E-state index contributed by atoms with van der Waals surface area (Å²) in [4.78, 5) is 0.848. The van der Waals surface area contributed by atoms with Crippen LogP contribution in [0.1, 0.15) is 35.1 Å². The van der Waals surface area contributed by atoms with E-state index in [9.17, 15) is 5.11 Å². The summed E-state index contributed by atoms with van der Waals surface area (Å²) in [5, 5.41) is 22.2. The molecule has 0 saturated carbocycles. The molecule has 20 heavy (non-hydrogen) atoms. The van der Waals surface area contributed by atoms with Gasteiger partial charge in [-0.15, -0.1) is 11.3 Å². The summed E-state index contributed by atoms with van der Waals surface area (Å²) in [6, 6.07) is 13.3. The largest absolute Gasteiger partial charge is 0.386 e. The molecule has 2 atom stereocenters. The zero-order chi connectivity index (χ0) is 14.5. The first-order valence-electron chi connectivity index (χ1n) is 6.27. The summed E-state index contributed by atoms with van der Waals surface area (Å²) in [7, 11) is 0. The summed E-state index contributed by atoms with van der Waals surface area (Å²) in [6.07, 6.45) is -0.575. The molecule has 1 heterocycles. The molecule has 2 rings (SSSR count). The van der Waals surface area contributed by atoms with E-state index in [1.807, 2.05) is 31.2 Å². The standard InChI is InChI=1S/C15H15ClN2OS/c1-10(12-4-2-3-11(7-12)8-17)18-9-13(19)14-5-6-15(16)20-14/h2-7,10,13,18-19H,9H2,1H3. The Hall–Kier alpha value is -1.38. The van der Waals surface area contributed by atoms with Gasteiger partial charge in [-0.1, -0.05) is 23.7 Å². The predicted molar refractivity (Wildman–Crippen MR) is 81.9 cm³/mol. The van der Waals surface area contributed by atoms with Crippen molar-refractivity contribution in [2.24, 2.45) is 0 Å². The summed E-state index contributed by atoms with van der Waals surface area (Å²) < 4.78 is 0.675. The number of aliphatic hydroxyl groups is 1. The predicted octanol–water partition coefficient (Wildman–Crippen LogP) is 3.66. The molecule has 0 bridgehead atoms. The minimum atomic E-state index is -0.575. The van der Waals surface area contributed by atoms with Crippen LogP contribution in [-0.2, 0) is 0 Å². The lowest BCUT2D eigenvalue weighted by Gasteiger charge is -2.17. The first-order valence-corrected chi connectivity index (χ1v) is 7.46. The first-order chi connectivity index (χ1) is 9.60. The molecule has 0 aliphatic rings. The zero-order valence-corrected chi connectivity index (χ0v) is 12.6. The minimum absolute atomic E-state index is 0.0633. The van der Waals surface area contributed by atoms with Crippen LogP contribution in [0.5, 0.6) is 0 Å². The van der Waals surface area contributed by atoms with E-state index in [0.29, 0.717) is 16.4 Å². The third-order valence-corrected chi connectivity index (χ3v) is 4.39. The zero-order valence-electron chi connectivity index (χ0n) is 11.0. The third kappa shape index (κ3) is 3.81. The molecule has 2 unspecified atom stereocenters. The molecule has 1 aromatic carbocycles. The van der Waals surface area contributed by atoms with Crippen LogP contribution < -0.4 is 5.32 Å². The summed E-state index contributed by atoms with van der Waals surface area (Å²) in [5.41, 5.74) is 1.67. The van der Waals surface area contributed by atoms with Crippen LogP contribution in [0.15, 0.2) is 36.4 Å². The van der Waals surface area contributed by atoms with Crippen molar-refractivity contribution in [1.82, 2.24) is 5.32 Å². The van der Waals surface area contributed by atoms with Gasteiger partial charge in [-0.25, -0.2) is 0 Å². The second-order valence-electron chi connectivity index (χ2n) is 4.52. The van der Waals surface area contributed by atoms with Crippen LogP contribution in [0, 0.1) is 11.3 Å². The number of halogens is 1. The van der Waals surface area contributed by atoms with Gasteiger partial charge in [0.05, 0.1) is 16.0 Å². The number of nitriles is 1. The average Bonchev–Trinajstić information content (AvgIpc) is 2.91. The average molecular weight is 307 g/mol. The van der Waals surface area contributed by atoms with E-state index in [1.54, 1.807) is 12.1 Å². The fourth-order valence-corrected chi connectivity index (χ4v) is 2.94. The summed E-state index contributed by atoms with van der Waals surface area (Å²) in [6.45, 7) is 2.44. The van der Waals surface area contributed by atoms with Crippen LogP contribution in [0.2, 0.25) is 4.34 Å². The number of hydrogen-bond acceptors (Lipinski definition) is 4. The van der Waals surface area contributed by atoms with E-state index >= 15 is 0 Å². The van der Waals surface area contributed by atoms with Crippen LogP contribution >= 0.6 is 22.9 Å². The highest BCUT2D eigenvalue weighted by Gasteiger charge is 2.12. The van der Waals surface area contributed by atoms with Gasteiger partial charge < -0.3 is 10.4 Å². The van der Waals surface area contributed by atoms with Crippen LogP contribution in [-0.4, -0.2) is 11.7 Å². The topological polar surface area (TPSA) is 56.0 Å². The van der Waals surface area contributed by atoms with E-state index in [4.69, 9.17) is 16.9 Å². The molecule has 0 fully saturated rings. The van der Waals surface area contributed by atoms with E-state index in [2.05, 4.69) is 11.4 Å². The van der Waals surface area contributed by atoms with Crippen molar-refractivity contribution in [1.29, 1.82) is 5.26 Å². The van der Waals surface area contributed by atoms with Crippen LogP contribution in [0.25, 0.3) is 0 Å². The van der Waals surface area contributed by atoms with E-state index in [-0.39, 0.29) is 6.04 Å². The molecule has 0 spiro atoms. The quantitative estimate of drug-likeness (QED) is 0.886. The maximum absolute atomic E-state index is 10.1. The normalized spacial score (nSPS) is 13.7. The monoisotopic (exact) mass is 306 g/mol. The molecular formula is C15H15ClN2OS. The maximum atomic E-state index is 10.1. The Bertz CT molecular complexity index is 620. The minimum Gasteiger partial charge on any atom is -0.386 e. The van der Waals surface area contributed by atoms with Crippen molar-refractivity contribution in [2.45, 2.75) is 19.1 Å². The SMILES string of the molecule is CC(NCC(O)c1ccc(Cl)s1)c1cccc(C#N)c1. The highest BCUT2D eigenvalue weighted by Crippen LogP contribution is 2.27. The lowest BCUT2D eigenvalue weighted by molar-refractivity contribution is 0.174. The van der Waals surface area contributed by atoms with Gasteiger partial charge in [0.1, 0.15) is 6.10 Å². The fourth-order valence-electron chi connectivity index (χ4n) is 1.89. The Kier molecular flexibility index (Phi) is 5.16. The smallest absolute Gasteiger partial charge is 0.101 e. The molecule has 0 amide bonds. The van der Waals surface area contributed by atoms with Crippen molar-refractivity contribution in [3.05, 3.63) is 56.7 Å². The van der Waals surface area contributed by atoms with Crippen LogP contribution in [0.3, 0.4) is 0 Å². The molecule has 3 nitrogen and oxygen atoms in total. The maximum Gasteiger partial charge on any atom is 0.101 e. The molecule has 2 N–H and O–H groups in total. The molecule has 5 heteroatoms. The fraction of sp³-hybridized carbons (Fsp3) is 0.267. The highest BCUT2D eigenvalue weighted by atomic mass is 35.5. The lowest BCUT2D eigenvalue weighted by atomic mass is 10.1. The second-order valence-corrected chi connectivity index (χ2v) is 6.27. The number of thiophene rings is 1. The van der Waals surface area contributed by atoms with Gasteiger partial charge in [0.25, 0.3) is 0 Å². The van der Waals surface area contributed by atoms with Gasteiger partial charge in [-0.3, -0.25) is 0 Å². The number of nitrogens with one attached hydrogen (secondary N) is 1. The van der Waals surface area contributed by atoms with Gasteiger partial charge in [-0.05, 0) is 36.8 Å². The van der Waals surface area contributed by atoms with Gasteiger partial charge in [-0.2, -0.15) is 5.26 Å². The third-order valence-electron chi connectivity index (χ3n) is 3.06. The van der Waals surface area contributed by atoms with Crippen molar-refractivity contribution in [3.63, 3.8) is 0 Å². The molecule has 2 aromatic rings. The van der Waals surface area contributed by atoms with E-state index in [1.165, 1.54) is 11.3 Å². The molecular weight excluding hydrogens is 292 g/mol. The van der Waals surface area contributed by atoms with E-state index in [0.717, 1.165) is 10.4 Å². The Morgan fingerprint density at radius 1 is 1.40 bits per heavy atom. The summed E-state index contributed by atoms with van der Waals surface area (Å²) in [5.74, 6) is 0. The van der Waals surface area contributed by atoms with Crippen molar-refractivity contribution >= 4 is 22.9 Å². The Balaban J connectivity index is 1.94. The van der Waals surface area contributed by atoms with E-state index < -0.39 is 6.10 Å². The van der Waals surface area contributed by atoms with Crippen LogP contribution in [0.4, 0.5) is 0 Å². The molecule has 0 radical (unpaired) electrons. The molecule has 0 saturated heterocycles. The Morgan fingerprint density at radius 3 is 2.85 bits per heavy atom. The highest BCUT2D eigenvalue weighted by molar-refractivity contribution is 7.16. The van der Waals surface area contributed by atoms with Crippen molar-refractivity contribution in [3.8, 4) is 6.07 Å². The van der Waals surface area contributed by atoms with Crippen molar-refractivity contribution in [2.75, 3.05) is 6.54 Å². The Morgan fingerprint density at radius 2 is 2.20 bits per heavy atom. The number of nitrogens with zero attached hydrogens (tertiary/aromatic N) is 1. The number of rotatable bonds is 5. The molecule has 0 aliphatic heterocycles. The molecule has 0 aliphatic carbocycles. The van der Waals surface area contributed by atoms with Gasteiger partial charge in [0.2, 0.25) is 0 Å². The van der Waals surface area contributed by atoms with Gasteiger partial charge in [0.15, 0.2) is 0 Å². The molecule has 104 valence electrons. The Labute approximate surface area is 127 Å². The second kappa shape index (κ2) is 6.87. The first kappa shape index (κ1) is 15.0. The lowest BCUT2D eigenvalue weighted by Crippen LogP contribution is -2.24. The van der Waals surface area contributed by atoms with Crippen molar-refractivity contribution < 1.29 is 5.11 Å².